The molecule has 88 valence electrons. The van der Waals surface area contributed by atoms with Gasteiger partial charge < -0.3 is 9.88 Å². The van der Waals surface area contributed by atoms with Gasteiger partial charge in [0.15, 0.2) is 0 Å². The Morgan fingerprint density at radius 3 is 3.06 bits per heavy atom. The Morgan fingerprint density at radius 2 is 2.29 bits per heavy atom. The van der Waals surface area contributed by atoms with E-state index >= 15 is 0 Å². The Labute approximate surface area is 101 Å². The number of hydrogen-bond acceptors (Lipinski definition) is 3. The van der Waals surface area contributed by atoms with E-state index in [0.717, 1.165) is 29.9 Å². The van der Waals surface area contributed by atoms with Gasteiger partial charge in [-0.15, -0.1) is 0 Å². The molecule has 0 aliphatic heterocycles. The van der Waals surface area contributed by atoms with E-state index in [0.29, 0.717) is 6.42 Å². The molecule has 1 aromatic heterocycles. The van der Waals surface area contributed by atoms with Crippen LogP contribution in [-0.2, 0) is 13.6 Å². The molecule has 4 nitrogen and oxygen atoms in total. The number of fused-ring (bicyclic) bond motifs is 1. The predicted octanol–water partition coefficient (Wildman–Crippen LogP) is 1.88. The standard InChI is InChI=1S/C13H16N4/c1-10-16-12-8-11(9-15-7-3-6-14)4-5-13(12)17(10)2/h4-5,8,15H,3,7,9H2,1-2H3. The highest BCUT2D eigenvalue weighted by Crippen LogP contribution is 2.16. The van der Waals surface area contributed by atoms with Crippen molar-refractivity contribution in [3.05, 3.63) is 29.6 Å². The van der Waals surface area contributed by atoms with E-state index in [1.165, 1.54) is 5.56 Å². The van der Waals surface area contributed by atoms with Crippen LogP contribution in [0.2, 0.25) is 0 Å². The lowest BCUT2D eigenvalue weighted by Crippen LogP contribution is -2.13. The summed E-state index contributed by atoms with van der Waals surface area (Å²) < 4.78 is 2.09. The Balaban J connectivity index is 2.13. The van der Waals surface area contributed by atoms with E-state index < -0.39 is 0 Å². The SMILES string of the molecule is Cc1nc2cc(CNCCC#N)ccc2n1C. The summed E-state index contributed by atoms with van der Waals surface area (Å²) in [5.74, 6) is 1.02. The zero-order valence-corrected chi connectivity index (χ0v) is 10.2. The Kier molecular flexibility index (Phi) is 3.40. The minimum atomic E-state index is 0.547. The summed E-state index contributed by atoms with van der Waals surface area (Å²) in [4.78, 5) is 4.50. The first kappa shape index (κ1) is 11.6. The van der Waals surface area contributed by atoms with E-state index in [1.807, 2.05) is 14.0 Å². The molecule has 0 fully saturated rings. The first-order valence-corrected chi connectivity index (χ1v) is 5.72. The van der Waals surface area contributed by atoms with E-state index in [-0.39, 0.29) is 0 Å². The molecule has 2 rings (SSSR count). The Hall–Kier alpha value is -1.86. The lowest BCUT2D eigenvalue weighted by Gasteiger charge is -2.03. The quantitative estimate of drug-likeness (QED) is 0.813. The topological polar surface area (TPSA) is 53.6 Å². The zero-order chi connectivity index (χ0) is 12.3. The van der Waals surface area contributed by atoms with Gasteiger partial charge >= 0.3 is 0 Å². The molecule has 0 saturated heterocycles. The summed E-state index contributed by atoms with van der Waals surface area (Å²) in [6.45, 7) is 3.52. The fraction of sp³-hybridized carbons (Fsp3) is 0.385. The zero-order valence-electron chi connectivity index (χ0n) is 10.2. The van der Waals surface area contributed by atoms with Crippen LogP contribution in [0.1, 0.15) is 17.8 Å². The van der Waals surface area contributed by atoms with Crippen LogP contribution in [0.3, 0.4) is 0 Å². The maximum Gasteiger partial charge on any atom is 0.106 e. The van der Waals surface area contributed by atoms with Crippen molar-refractivity contribution in [2.45, 2.75) is 19.9 Å². The van der Waals surface area contributed by atoms with Gasteiger partial charge in [0.1, 0.15) is 5.82 Å². The van der Waals surface area contributed by atoms with Crippen LogP contribution in [0.4, 0.5) is 0 Å². The number of imidazole rings is 1. The number of rotatable bonds is 4. The molecule has 2 aromatic rings. The third-order valence-corrected chi connectivity index (χ3v) is 2.91. The second-order valence-electron chi connectivity index (χ2n) is 4.13. The molecule has 0 aliphatic carbocycles. The van der Waals surface area contributed by atoms with Gasteiger partial charge in [-0.1, -0.05) is 6.07 Å². The van der Waals surface area contributed by atoms with E-state index in [9.17, 15) is 0 Å². The number of nitrogens with one attached hydrogen (secondary N) is 1. The first-order chi connectivity index (χ1) is 8.22. The molecule has 0 spiro atoms. The van der Waals surface area contributed by atoms with Crippen molar-refractivity contribution in [2.24, 2.45) is 7.05 Å². The minimum absolute atomic E-state index is 0.547. The van der Waals surface area contributed by atoms with Crippen molar-refractivity contribution in [3.8, 4) is 6.07 Å². The third kappa shape index (κ3) is 2.45. The van der Waals surface area contributed by atoms with Gasteiger partial charge in [-0.2, -0.15) is 5.26 Å². The number of nitrogens with zero attached hydrogens (tertiary/aromatic N) is 3. The summed E-state index contributed by atoms with van der Waals surface area (Å²) in [5, 5.41) is 11.7. The highest BCUT2D eigenvalue weighted by atomic mass is 15.0. The number of nitriles is 1. The van der Waals surface area contributed by atoms with Crippen molar-refractivity contribution >= 4 is 11.0 Å². The average Bonchev–Trinajstić information content (AvgIpc) is 2.61. The minimum Gasteiger partial charge on any atom is -0.331 e. The molecular formula is C13H16N4. The highest BCUT2D eigenvalue weighted by Gasteiger charge is 2.04. The van der Waals surface area contributed by atoms with Gasteiger partial charge in [-0.05, 0) is 24.6 Å². The predicted molar refractivity (Wildman–Crippen MR) is 67.4 cm³/mol. The molecule has 0 bridgehead atoms. The fourth-order valence-corrected chi connectivity index (χ4v) is 1.85. The monoisotopic (exact) mass is 228 g/mol. The molecule has 17 heavy (non-hydrogen) atoms. The molecular weight excluding hydrogens is 212 g/mol. The smallest absolute Gasteiger partial charge is 0.106 e. The molecule has 4 heteroatoms. The second-order valence-corrected chi connectivity index (χ2v) is 4.13. The van der Waals surface area contributed by atoms with Crippen molar-refractivity contribution in [2.75, 3.05) is 6.54 Å². The Bertz CT molecular complexity index is 563. The van der Waals surface area contributed by atoms with Gasteiger partial charge in [0, 0.05) is 26.6 Å². The van der Waals surface area contributed by atoms with Gasteiger partial charge in [-0.3, -0.25) is 0 Å². The molecule has 0 amide bonds. The fourth-order valence-electron chi connectivity index (χ4n) is 1.85. The number of aromatic nitrogens is 2. The summed E-state index contributed by atoms with van der Waals surface area (Å²) in [5.41, 5.74) is 3.39. The summed E-state index contributed by atoms with van der Waals surface area (Å²) >= 11 is 0. The normalized spacial score (nSPS) is 10.6. The van der Waals surface area contributed by atoms with Crippen LogP contribution < -0.4 is 5.32 Å². The van der Waals surface area contributed by atoms with Crippen LogP contribution in [0.15, 0.2) is 18.2 Å². The van der Waals surface area contributed by atoms with Crippen molar-refractivity contribution in [3.63, 3.8) is 0 Å². The van der Waals surface area contributed by atoms with E-state index in [4.69, 9.17) is 5.26 Å². The Morgan fingerprint density at radius 1 is 1.47 bits per heavy atom. The van der Waals surface area contributed by atoms with Gasteiger partial charge in [0.25, 0.3) is 0 Å². The highest BCUT2D eigenvalue weighted by molar-refractivity contribution is 5.76. The van der Waals surface area contributed by atoms with Gasteiger partial charge in [-0.25, -0.2) is 4.98 Å². The van der Waals surface area contributed by atoms with Gasteiger partial charge in [0.2, 0.25) is 0 Å². The summed E-state index contributed by atoms with van der Waals surface area (Å²) in [6.07, 6.45) is 0.547. The van der Waals surface area contributed by atoms with Crippen LogP contribution in [-0.4, -0.2) is 16.1 Å². The maximum atomic E-state index is 8.44. The molecule has 0 aliphatic rings. The van der Waals surface area contributed by atoms with Crippen LogP contribution in [0.5, 0.6) is 0 Å². The molecule has 1 aromatic carbocycles. The van der Waals surface area contributed by atoms with E-state index in [2.05, 4.69) is 39.1 Å². The molecule has 0 saturated carbocycles. The number of benzene rings is 1. The number of aryl methyl sites for hydroxylation is 2. The third-order valence-electron chi connectivity index (χ3n) is 2.91. The van der Waals surface area contributed by atoms with Crippen molar-refractivity contribution in [1.82, 2.24) is 14.9 Å². The van der Waals surface area contributed by atoms with Crippen molar-refractivity contribution in [1.29, 1.82) is 5.26 Å². The van der Waals surface area contributed by atoms with E-state index in [1.54, 1.807) is 0 Å². The molecule has 1 heterocycles. The molecule has 0 unspecified atom stereocenters. The van der Waals surface area contributed by atoms with Crippen LogP contribution in [0, 0.1) is 18.3 Å². The molecule has 1 N–H and O–H groups in total. The number of hydrogen-bond donors (Lipinski definition) is 1. The lowest BCUT2D eigenvalue weighted by atomic mass is 10.2. The summed E-state index contributed by atoms with van der Waals surface area (Å²) in [6, 6.07) is 8.41. The molecule has 0 atom stereocenters. The van der Waals surface area contributed by atoms with Crippen molar-refractivity contribution < 1.29 is 0 Å². The maximum absolute atomic E-state index is 8.44. The lowest BCUT2D eigenvalue weighted by molar-refractivity contribution is 0.699. The first-order valence-electron chi connectivity index (χ1n) is 5.72. The van der Waals surface area contributed by atoms with Gasteiger partial charge in [0.05, 0.1) is 17.1 Å². The summed E-state index contributed by atoms with van der Waals surface area (Å²) in [7, 11) is 2.02. The molecule has 0 radical (unpaired) electrons. The average molecular weight is 228 g/mol. The van der Waals surface area contributed by atoms with Crippen LogP contribution >= 0.6 is 0 Å². The largest absolute Gasteiger partial charge is 0.331 e. The van der Waals surface area contributed by atoms with Crippen LogP contribution in [0.25, 0.3) is 11.0 Å². The second kappa shape index (κ2) is 4.98.